The van der Waals surface area contributed by atoms with E-state index in [1.807, 2.05) is 6.92 Å². The number of allylic oxidation sites excluding steroid dienone is 1. The van der Waals surface area contributed by atoms with E-state index in [1.165, 1.54) is 25.3 Å². The summed E-state index contributed by atoms with van der Waals surface area (Å²) < 4.78 is 11.1. The first-order valence-electron chi connectivity index (χ1n) is 7.76. The van der Waals surface area contributed by atoms with Gasteiger partial charge in [-0.1, -0.05) is 52.0 Å². The Balaban J connectivity index is 3.90. The Kier molecular flexibility index (Phi) is 9.84. The van der Waals surface area contributed by atoms with Crippen molar-refractivity contribution in [3.63, 3.8) is 0 Å². The monoisotopic (exact) mass is 317 g/mol. The van der Waals surface area contributed by atoms with Crippen LogP contribution in [0.2, 0.25) is 0 Å². The summed E-state index contributed by atoms with van der Waals surface area (Å²) in [5, 5.41) is 2.08. The van der Waals surface area contributed by atoms with Crippen LogP contribution in [-0.2, 0) is 9.36 Å². The molecule has 0 radical (unpaired) electrons. The Labute approximate surface area is 129 Å². The summed E-state index contributed by atoms with van der Waals surface area (Å²) in [5.74, 6) is 1.02. The molecule has 0 aromatic heterocycles. The van der Waals surface area contributed by atoms with Gasteiger partial charge >= 0.3 is 7.59 Å². The van der Waals surface area contributed by atoms with Crippen molar-refractivity contribution in [3.05, 3.63) is 11.6 Å². The normalized spacial score (nSPS) is 14.3. The maximum atomic E-state index is 11.5. The average Bonchev–Trinajstić information content (AvgIpc) is 2.25. The highest BCUT2D eigenvalue weighted by Crippen LogP contribution is 2.20. The van der Waals surface area contributed by atoms with E-state index in [9.17, 15) is 9.36 Å². The van der Waals surface area contributed by atoms with E-state index in [4.69, 9.17) is 11.0 Å². The second-order valence-corrected chi connectivity index (χ2v) is 8.14. The van der Waals surface area contributed by atoms with Gasteiger partial charge in [-0.25, -0.2) is 0 Å². The Morgan fingerprint density at radius 2 is 1.71 bits per heavy atom. The Hall–Kier alpha value is -0.640. The molecule has 0 heterocycles. The molecular weight excluding hydrogens is 285 g/mol. The van der Waals surface area contributed by atoms with Crippen LogP contribution in [0.3, 0.4) is 0 Å². The maximum absolute atomic E-state index is 11.5. The lowest BCUT2D eigenvalue weighted by Crippen LogP contribution is -2.27. The molecule has 0 aliphatic rings. The molecule has 0 spiro atoms. The van der Waals surface area contributed by atoms with E-state index in [2.05, 4.69) is 25.9 Å². The molecule has 1 amide bonds. The van der Waals surface area contributed by atoms with Crippen LogP contribution in [0.25, 0.3) is 0 Å². The lowest BCUT2D eigenvalue weighted by Gasteiger charge is -2.12. The number of nitrogens with two attached hydrogens (primary N) is 2. The van der Waals surface area contributed by atoms with Gasteiger partial charge in [0.05, 0.1) is 0 Å². The first kappa shape index (κ1) is 20.4. The van der Waals surface area contributed by atoms with Crippen LogP contribution in [-0.4, -0.2) is 5.91 Å². The van der Waals surface area contributed by atoms with Gasteiger partial charge in [-0.3, -0.25) is 25.5 Å². The van der Waals surface area contributed by atoms with Crippen molar-refractivity contribution >= 4 is 13.5 Å². The highest BCUT2D eigenvalue weighted by molar-refractivity contribution is 7.57. The Morgan fingerprint density at radius 1 is 1.14 bits per heavy atom. The minimum atomic E-state index is -3.48. The molecule has 124 valence electrons. The standard InChI is InChI=1S/C15H32N3O2P/c1-12(2)7-5-8-13(3)9-6-10-14(4)11-15(19)18-21(16,17)20/h11-13H,5-10H2,1-4H3,(H5,16,17,18,19,20). The Morgan fingerprint density at radius 3 is 2.24 bits per heavy atom. The van der Waals surface area contributed by atoms with Gasteiger partial charge in [0.15, 0.2) is 0 Å². The zero-order valence-electron chi connectivity index (χ0n) is 13.9. The summed E-state index contributed by atoms with van der Waals surface area (Å²) in [4.78, 5) is 11.5. The van der Waals surface area contributed by atoms with Crippen molar-refractivity contribution in [2.24, 2.45) is 22.8 Å². The topological polar surface area (TPSA) is 98.2 Å². The van der Waals surface area contributed by atoms with Crippen LogP contribution in [0.5, 0.6) is 0 Å². The number of rotatable bonds is 10. The molecule has 0 aromatic rings. The summed E-state index contributed by atoms with van der Waals surface area (Å²) in [6.45, 7) is 8.68. The smallest absolute Gasteiger partial charge is 0.280 e. The minimum absolute atomic E-state index is 0.481. The Bertz CT molecular complexity index is 388. The van der Waals surface area contributed by atoms with E-state index < -0.39 is 13.5 Å². The van der Waals surface area contributed by atoms with Crippen molar-refractivity contribution in [1.82, 2.24) is 5.09 Å². The molecule has 0 bridgehead atoms. The molecular formula is C15H32N3O2P. The average molecular weight is 317 g/mol. The van der Waals surface area contributed by atoms with E-state index in [0.29, 0.717) is 0 Å². The fraction of sp³-hybridized carbons (Fsp3) is 0.800. The van der Waals surface area contributed by atoms with Gasteiger partial charge < -0.3 is 0 Å². The van der Waals surface area contributed by atoms with Gasteiger partial charge in [-0.05, 0) is 31.6 Å². The van der Waals surface area contributed by atoms with Crippen LogP contribution >= 0.6 is 7.59 Å². The number of nitrogens with one attached hydrogen (secondary N) is 1. The number of hydrogen-bond donors (Lipinski definition) is 3. The predicted octanol–water partition coefficient (Wildman–Crippen LogP) is 3.71. The van der Waals surface area contributed by atoms with E-state index >= 15 is 0 Å². The number of carbonyl (C=O) groups is 1. The van der Waals surface area contributed by atoms with Crippen LogP contribution < -0.4 is 16.1 Å². The maximum Gasteiger partial charge on any atom is 0.300 e. The number of amides is 1. The molecule has 0 saturated carbocycles. The van der Waals surface area contributed by atoms with Gasteiger partial charge in [0.1, 0.15) is 0 Å². The third-order valence-corrected chi connectivity index (χ3v) is 3.98. The summed E-state index contributed by atoms with van der Waals surface area (Å²) in [6, 6.07) is 0. The summed E-state index contributed by atoms with van der Waals surface area (Å²) >= 11 is 0. The number of carbonyl (C=O) groups excluding carboxylic acids is 1. The molecule has 6 heteroatoms. The molecule has 5 N–H and O–H groups in total. The molecule has 0 aliphatic carbocycles. The van der Waals surface area contributed by atoms with Gasteiger partial charge in [0.2, 0.25) is 0 Å². The molecule has 0 saturated heterocycles. The third kappa shape index (κ3) is 14.1. The minimum Gasteiger partial charge on any atom is -0.280 e. The van der Waals surface area contributed by atoms with E-state index in [1.54, 1.807) is 0 Å². The van der Waals surface area contributed by atoms with E-state index in [0.717, 1.165) is 36.7 Å². The van der Waals surface area contributed by atoms with Crippen LogP contribution in [0.1, 0.15) is 66.2 Å². The predicted molar refractivity (Wildman–Crippen MR) is 89.6 cm³/mol. The molecule has 21 heavy (non-hydrogen) atoms. The van der Waals surface area contributed by atoms with Gasteiger partial charge in [0, 0.05) is 6.08 Å². The summed E-state index contributed by atoms with van der Waals surface area (Å²) in [6.07, 6.45) is 8.36. The molecule has 0 aromatic carbocycles. The molecule has 0 aliphatic heterocycles. The summed E-state index contributed by atoms with van der Waals surface area (Å²) in [7, 11) is -3.48. The molecule has 5 nitrogen and oxygen atoms in total. The number of hydrogen-bond acceptors (Lipinski definition) is 2. The van der Waals surface area contributed by atoms with Crippen molar-refractivity contribution < 1.29 is 9.36 Å². The molecule has 0 rings (SSSR count). The second kappa shape index (κ2) is 10.1. The zero-order valence-corrected chi connectivity index (χ0v) is 14.8. The van der Waals surface area contributed by atoms with Crippen LogP contribution in [0.15, 0.2) is 11.6 Å². The lowest BCUT2D eigenvalue weighted by atomic mass is 9.94. The van der Waals surface area contributed by atoms with Gasteiger partial charge in [0.25, 0.3) is 5.91 Å². The molecule has 1 unspecified atom stereocenters. The van der Waals surface area contributed by atoms with E-state index in [-0.39, 0.29) is 0 Å². The fourth-order valence-electron chi connectivity index (χ4n) is 2.25. The van der Waals surface area contributed by atoms with Crippen molar-refractivity contribution in [2.75, 3.05) is 0 Å². The highest BCUT2D eigenvalue weighted by atomic mass is 31.2. The molecule has 1 atom stereocenters. The van der Waals surface area contributed by atoms with Crippen LogP contribution in [0, 0.1) is 11.8 Å². The van der Waals surface area contributed by atoms with Gasteiger partial charge in [-0.2, -0.15) is 0 Å². The lowest BCUT2D eigenvalue weighted by molar-refractivity contribution is -0.114. The molecule has 0 fully saturated rings. The summed E-state index contributed by atoms with van der Waals surface area (Å²) in [5.41, 5.74) is 11.1. The van der Waals surface area contributed by atoms with Crippen molar-refractivity contribution in [1.29, 1.82) is 0 Å². The first-order valence-corrected chi connectivity index (χ1v) is 9.61. The van der Waals surface area contributed by atoms with Gasteiger partial charge in [-0.15, -0.1) is 0 Å². The SMILES string of the molecule is CC(=CC(=O)NP(N)(N)=O)CCCC(C)CCCC(C)C. The quantitative estimate of drug-likeness (QED) is 0.422. The highest BCUT2D eigenvalue weighted by Gasteiger charge is 2.10. The zero-order chi connectivity index (χ0) is 16.5. The van der Waals surface area contributed by atoms with Crippen molar-refractivity contribution in [2.45, 2.75) is 66.2 Å². The first-order chi connectivity index (χ1) is 9.60. The third-order valence-electron chi connectivity index (χ3n) is 3.41. The van der Waals surface area contributed by atoms with Crippen molar-refractivity contribution in [3.8, 4) is 0 Å². The van der Waals surface area contributed by atoms with Crippen LogP contribution in [0.4, 0.5) is 0 Å². The second-order valence-electron chi connectivity index (χ2n) is 6.50. The largest absolute Gasteiger partial charge is 0.300 e. The fourth-order valence-corrected chi connectivity index (χ4v) is 2.66.